The SMILES string of the molecule is O=C(C[N+]12CCC(CC1)[C@@H](OC(=O)[C@H](Nc1ccc(F)cc1)c1ccccc1)C2)c1cccc(O)c1. The Morgan fingerprint density at radius 2 is 1.72 bits per heavy atom. The summed E-state index contributed by atoms with van der Waals surface area (Å²) in [6.07, 6.45) is 1.51. The van der Waals surface area contributed by atoms with E-state index in [-0.39, 0.29) is 35.3 Å². The Labute approximate surface area is 209 Å². The Kier molecular flexibility index (Phi) is 6.74. The number of carbonyl (C=O) groups excluding carboxylic acids is 2. The zero-order valence-corrected chi connectivity index (χ0v) is 20.0. The molecule has 0 spiro atoms. The molecule has 0 unspecified atom stereocenters. The summed E-state index contributed by atoms with van der Waals surface area (Å²) in [7, 11) is 0. The summed E-state index contributed by atoms with van der Waals surface area (Å²) < 4.78 is 20.1. The molecule has 186 valence electrons. The predicted molar refractivity (Wildman–Crippen MR) is 134 cm³/mol. The smallest absolute Gasteiger partial charge is 0.333 e. The number of halogens is 1. The number of rotatable bonds is 8. The highest BCUT2D eigenvalue weighted by Crippen LogP contribution is 2.37. The third-order valence-electron chi connectivity index (χ3n) is 7.48. The van der Waals surface area contributed by atoms with Crippen LogP contribution in [-0.2, 0) is 9.53 Å². The predicted octanol–water partition coefficient (Wildman–Crippen LogP) is 4.72. The monoisotopic (exact) mass is 489 g/mol. The van der Waals surface area contributed by atoms with E-state index in [2.05, 4.69) is 5.32 Å². The Bertz CT molecular complexity index is 1220. The van der Waals surface area contributed by atoms with E-state index in [1.54, 1.807) is 30.3 Å². The van der Waals surface area contributed by atoms with Gasteiger partial charge in [0.1, 0.15) is 24.7 Å². The van der Waals surface area contributed by atoms with E-state index in [0.29, 0.717) is 28.8 Å². The Hall–Kier alpha value is -3.71. The third kappa shape index (κ3) is 5.26. The maximum Gasteiger partial charge on any atom is 0.333 e. The fraction of sp³-hybridized carbons (Fsp3) is 0.310. The Balaban J connectivity index is 1.31. The van der Waals surface area contributed by atoms with Crippen LogP contribution in [0.15, 0.2) is 78.9 Å². The van der Waals surface area contributed by atoms with Gasteiger partial charge in [0.25, 0.3) is 0 Å². The van der Waals surface area contributed by atoms with Gasteiger partial charge in [0.05, 0.1) is 13.1 Å². The van der Waals surface area contributed by atoms with Crippen molar-refractivity contribution in [2.45, 2.75) is 25.0 Å². The number of esters is 1. The normalized spacial score (nSPS) is 23.6. The number of phenols is 1. The van der Waals surface area contributed by atoms with Crippen molar-refractivity contribution in [2.75, 3.05) is 31.5 Å². The number of benzene rings is 3. The molecule has 3 fully saturated rings. The molecule has 36 heavy (non-hydrogen) atoms. The fourth-order valence-corrected chi connectivity index (χ4v) is 5.51. The topological polar surface area (TPSA) is 75.6 Å². The van der Waals surface area contributed by atoms with Crippen molar-refractivity contribution in [3.63, 3.8) is 0 Å². The van der Waals surface area contributed by atoms with Gasteiger partial charge in [-0.1, -0.05) is 42.5 Å². The van der Waals surface area contributed by atoms with E-state index < -0.39 is 6.04 Å². The number of carbonyl (C=O) groups is 2. The molecule has 0 amide bonds. The molecule has 3 aromatic carbocycles. The number of phenolic OH excluding ortho intramolecular Hbond substituents is 1. The largest absolute Gasteiger partial charge is 0.508 e. The lowest BCUT2D eigenvalue weighted by Crippen LogP contribution is -2.65. The lowest BCUT2D eigenvalue weighted by atomic mass is 9.82. The van der Waals surface area contributed by atoms with Crippen LogP contribution in [0.4, 0.5) is 10.1 Å². The second-order valence-electron chi connectivity index (χ2n) is 9.91. The maximum absolute atomic E-state index is 13.5. The molecular weight excluding hydrogens is 459 g/mol. The summed E-state index contributed by atoms with van der Waals surface area (Å²) >= 11 is 0. The average molecular weight is 490 g/mol. The highest BCUT2D eigenvalue weighted by molar-refractivity contribution is 5.97. The number of quaternary nitrogens is 1. The minimum Gasteiger partial charge on any atom is -0.508 e. The van der Waals surface area contributed by atoms with Crippen LogP contribution >= 0.6 is 0 Å². The van der Waals surface area contributed by atoms with Crippen LogP contribution in [0.2, 0.25) is 0 Å². The highest BCUT2D eigenvalue weighted by atomic mass is 19.1. The van der Waals surface area contributed by atoms with Crippen molar-refractivity contribution >= 4 is 17.4 Å². The molecule has 2 bridgehead atoms. The molecule has 7 heteroatoms. The van der Waals surface area contributed by atoms with Crippen molar-refractivity contribution in [1.29, 1.82) is 0 Å². The Morgan fingerprint density at radius 3 is 2.42 bits per heavy atom. The van der Waals surface area contributed by atoms with E-state index in [1.807, 2.05) is 30.3 Å². The molecule has 0 aromatic heterocycles. The summed E-state index contributed by atoms with van der Waals surface area (Å²) in [5.41, 5.74) is 1.88. The number of hydrogen-bond acceptors (Lipinski definition) is 5. The molecule has 3 aromatic rings. The van der Waals surface area contributed by atoms with Gasteiger partial charge in [0.15, 0.2) is 12.1 Å². The first kappa shape index (κ1) is 24.0. The number of fused-ring (bicyclic) bond motifs is 3. The van der Waals surface area contributed by atoms with Gasteiger partial charge in [0, 0.05) is 30.0 Å². The second-order valence-corrected chi connectivity index (χ2v) is 9.91. The second kappa shape index (κ2) is 10.1. The van der Waals surface area contributed by atoms with E-state index >= 15 is 0 Å². The minimum absolute atomic E-state index is 0.0172. The standard InChI is InChI=1S/C29H29FN2O4/c30-23-9-11-24(12-10-23)31-28(21-5-2-1-3-6-21)29(35)36-27-19-32(15-13-20(27)14-16-32)18-26(34)22-7-4-8-25(33)17-22/h1-12,17,20,27-28,31H,13-16,18-19H2/p+1/t20?,27-,28+,32?/m0/s1. The minimum atomic E-state index is -0.741. The lowest BCUT2D eigenvalue weighted by Gasteiger charge is -2.51. The molecular formula is C29H30FN2O4+. The van der Waals surface area contributed by atoms with Crippen LogP contribution in [-0.4, -0.2) is 53.6 Å². The first-order valence-electron chi connectivity index (χ1n) is 12.4. The van der Waals surface area contributed by atoms with Crippen LogP contribution in [0.1, 0.15) is 34.8 Å². The van der Waals surface area contributed by atoms with Crippen molar-refractivity contribution in [3.8, 4) is 5.75 Å². The zero-order valence-electron chi connectivity index (χ0n) is 20.0. The first-order valence-corrected chi connectivity index (χ1v) is 12.4. The highest BCUT2D eigenvalue weighted by Gasteiger charge is 2.49. The van der Waals surface area contributed by atoms with Gasteiger partial charge >= 0.3 is 5.97 Å². The number of anilines is 1. The van der Waals surface area contributed by atoms with Crippen LogP contribution < -0.4 is 5.32 Å². The van der Waals surface area contributed by atoms with Crippen molar-refractivity contribution in [2.24, 2.45) is 5.92 Å². The number of hydrogen-bond donors (Lipinski definition) is 2. The first-order chi connectivity index (χ1) is 17.4. The van der Waals surface area contributed by atoms with Gasteiger partial charge in [0.2, 0.25) is 5.78 Å². The van der Waals surface area contributed by atoms with E-state index in [9.17, 15) is 19.1 Å². The van der Waals surface area contributed by atoms with Crippen molar-refractivity contribution in [3.05, 3.63) is 95.8 Å². The molecule has 2 N–H and O–H groups in total. The van der Waals surface area contributed by atoms with Gasteiger partial charge < -0.3 is 19.6 Å². The fourth-order valence-electron chi connectivity index (χ4n) is 5.51. The van der Waals surface area contributed by atoms with Gasteiger partial charge in [-0.3, -0.25) is 4.79 Å². The summed E-state index contributed by atoms with van der Waals surface area (Å²) in [6.45, 7) is 2.66. The number of aromatic hydroxyl groups is 1. The molecule has 0 radical (unpaired) electrons. The number of nitrogens with zero attached hydrogens (tertiary/aromatic N) is 1. The summed E-state index contributed by atoms with van der Waals surface area (Å²) in [6, 6.07) is 20.9. The van der Waals surface area contributed by atoms with E-state index in [0.717, 1.165) is 31.5 Å². The van der Waals surface area contributed by atoms with Crippen molar-refractivity contribution < 1.29 is 28.3 Å². The summed E-state index contributed by atoms with van der Waals surface area (Å²) in [5, 5.41) is 13.0. The van der Waals surface area contributed by atoms with E-state index in [4.69, 9.17) is 4.74 Å². The van der Waals surface area contributed by atoms with Gasteiger partial charge in [-0.15, -0.1) is 0 Å². The maximum atomic E-state index is 13.5. The molecule has 3 aliphatic rings. The van der Waals surface area contributed by atoms with Gasteiger partial charge in [-0.2, -0.15) is 0 Å². The molecule has 3 aliphatic heterocycles. The number of ether oxygens (including phenoxy) is 1. The molecule has 0 aliphatic carbocycles. The number of ketones is 1. The summed E-state index contributed by atoms with van der Waals surface area (Å²) in [5.74, 6) is -0.406. The number of piperidine rings is 3. The van der Waals surface area contributed by atoms with Gasteiger partial charge in [-0.25, -0.2) is 9.18 Å². The van der Waals surface area contributed by atoms with Crippen LogP contribution in [0.25, 0.3) is 0 Å². The quantitative estimate of drug-likeness (QED) is 0.272. The summed E-state index contributed by atoms with van der Waals surface area (Å²) in [4.78, 5) is 26.5. The molecule has 2 atom stereocenters. The van der Waals surface area contributed by atoms with E-state index in [1.165, 1.54) is 18.2 Å². The molecule has 6 nitrogen and oxygen atoms in total. The lowest BCUT2D eigenvalue weighted by molar-refractivity contribution is -0.938. The van der Waals surface area contributed by atoms with Gasteiger partial charge in [-0.05, 0) is 42.0 Å². The third-order valence-corrected chi connectivity index (χ3v) is 7.48. The molecule has 0 saturated carbocycles. The molecule has 6 rings (SSSR count). The average Bonchev–Trinajstić information content (AvgIpc) is 2.89. The van der Waals surface area contributed by atoms with Crippen LogP contribution in [0.5, 0.6) is 5.75 Å². The number of nitrogens with one attached hydrogen (secondary N) is 1. The Morgan fingerprint density at radius 1 is 1.00 bits per heavy atom. The molecule has 3 saturated heterocycles. The zero-order chi connectivity index (χ0) is 25.1. The number of Topliss-reactive ketones (excluding diaryl/α,β-unsaturated/α-hetero) is 1. The van der Waals surface area contributed by atoms with Crippen LogP contribution in [0.3, 0.4) is 0 Å². The molecule has 3 heterocycles. The van der Waals surface area contributed by atoms with Crippen LogP contribution in [0, 0.1) is 11.7 Å². The van der Waals surface area contributed by atoms with Crippen molar-refractivity contribution in [1.82, 2.24) is 0 Å².